The second-order valence-corrected chi connectivity index (χ2v) is 6.93. The molecule has 2 aromatic carbocycles. The van der Waals surface area contributed by atoms with Gasteiger partial charge in [-0.25, -0.2) is 4.98 Å². The van der Waals surface area contributed by atoms with Crippen LogP contribution in [-0.4, -0.2) is 31.4 Å². The van der Waals surface area contributed by atoms with Crippen LogP contribution in [0.5, 0.6) is 0 Å². The van der Waals surface area contributed by atoms with E-state index in [1.165, 1.54) is 11.8 Å². The molecule has 0 atom stereocenters. The average molecular weight is 375 g/mol. The summed E-state index contributed by atoms with van der Waals surface area (Å²) < 4.78 is 1.76. The fourth-order valence-corrected chi connectivity index (χ4v) is 3.55. The first kappa shape index (κ1) is 17.2. The summed E-state index contributed by atoms with van der Waals surface area (Å²) in [6, 6.07) is 17.7. The van der Waals surface area contributed by atoms with E-state index in [0.29, 0.717) is 5.16 Å². The van der Waals surface area contributed by atoms with Crippen molar-refractivity contribution in [2.24, 2.45) is 0 Å². The molecule has 6 nitrogen and oxygen atoms in total. The van der Waals surface area contributed by atoms with Crippen LogP contribution in [0.25, 0.3) is 16.6 Å². The third-order valence-corrected chi connectivity index (χ3v) is 5.09. The lowest BCUT2D eigenvalue weighted by atomic mass is 10.0. The Morgan fingerprint density at radius 3 is 2.81 bits per heavy atom. The lowest BCUT2D eigenvalue weighted by molar-refractivity contribution is -0.113. The van der Waals surface area contributed by atoms with E-state index in [9.17, 15) is 4.79 Å². The van der Waals surface area contributed by atoms with Gasteiger partial charge in [0.15, 0.2) is 5.16 Å². The van der Waals surface area contributed by atoms with Gasteiger partial charge in [-0.3, -0.25) is 9.36 Å². The number of anilines is 1. The number of hydrogen-bond donors (Lipinski definition) is 1. The summed E-state index contributed by atoms with van der Waals surface area (Å²) in [5.41, 5.74) is 1.88. The summed E-state index contributed by atoms with van der Waals surface area (Å²) in [6.45, 7) is 1.99. The van der Waals surface area contributed by atoms with Crippen molar-refractivity contribution < 1.29 is 4.79 Å². The lowest BCUT2D eigenvalue weighted by Crippen LogP contribution is -2.15. The molecule has 0 saturated carbocycles. The Labute approximate surface area is 160 Å². The monoisotopic (exact) mass is 375 g/mol. The van der Waals surface area contributed by atoms with Crippen LogP contribution in [0.1, 0.15) is 5.56 Å². The van der Waals surface area contributed by atoms with E-state index in [0.717, 1.165) is 27.8 Å². The van der Waals surface area contributed by atoms with Gasteiger partial charge in [0.2, 0.25) is 5.91 Å². The predicted octanol–water partition coefficient (Wildman–Crippen LogP) is 3.85. The summed E-state index contributed by atoms with van der Waals surface area (Å²) in [7, 11) is 0. The highest BCUT2D eigenvalue weighted by Crippen LogP contribution is 2.27. The van der Waals surface area contributed by atoms with Crippen molar-refractivity contribution in [2.75, 3.05) is 11.1 Å². The van der Waals surface area contributed by atoms with E-state index < -0.39 is 0 Å². The van der Waals surface area contributed by atoms with Crippen LogP contribution >= 0.6 is 11.8 Å². The number of hydrogen-bond acceptors (Lipinski definition) is 5. The maximum absolute atomic E-state index is 12.5. The Hall–Kier alpha value is -3.19. The molecule has 7 heteroatoms. The number of thioether (sulfide) groups is 1. The molecule has 0 fully saturated rings. The number of benzene rings is 2. The number of amides is 1. The average Bonchev–Trinajstić information content (AvgIpc) is 3.18. The summed E-state index contributed by atoms with van der Waals surface area (Å²) in [4.78, 5) is 16.8. The van der Waals surface area contributed by atoms with Crippen molar-refractivity contribution in [2.45, 2.75) is 12.1 Å². The molecule has 2 heterocycles. The van der Waals surface area contributed by atoms with Gasteiger partial charge >= 0.3 is 0 Å². The highest BCUT2D eigenvalue weighted by atomic mass is 32.2. The first-order chi connectivity index (χ1) is 13.2. The Balaban J connectivity index is 1.49. The molecule has 1 amide bonds. The number of pyridine rings is 1. The molecule has 2 aromatic heterocycles. The number of rotatable bonds is 5. The van der Waals surface area contributed by atoms with Gasteiger partial charge in [-0.1, -0.05) is 54.2 Å². The van der Waals surface area contributed by atoms with Crippen molar-refractivity contribution in [1.82, 2.24) is 19.7 Å². The maximum Gasteiger partial charge on any atom is 0.234 e. The molecule has 134 valence electrons. The van der Waals surface area contributed by atoms with E-state index in [1.54, 1.807) is 17.1 Å². The van der Waals surface area contributed by atoms with Crippen molar-refractivity contribution in [3.05, 3.63) is 72.7 Å². The molecule has 1 N–H and O–H groups in total. The normalized spacial score (nSPS) is 10.9. The summed E-state index contributed by atoms with van der Waals surface area (Å²) in [5, 5.41) is 13.8. The van der Waals surface area contributed by atoms with Crippen LogP contribution in [0.15, 0.2) is 72.3 Å². The second-order valence-electron chi connectivity index (χ2n) is 5.99. The number of aromatic nitrogens is 4. The van der Waals surface area contributed by atoms with Crippen molar-refractivity contribution in [3.63, 3.8) is 0 Å². The molecule has 0 unspecified atom stereocenters. The molecule has 0 bridgehead atoms. The third kappa shape index (κ3) is 3.68. The predicted molar refractivity (Wildman–Crippen MR) is 107 cm³/mol. The number of fused-ring (bicyclic) bond motifs is 1. The van der Waals surface area contributed by atoms with Gasteiger partial charge in [0.25, 0.3) is 0 Å². The zero-order valence-corrected chi connectivity index (χ0v) is 15.5. The quantitative estimate of drug-likeness (QED) is 0.536. The molecular weight excluding hydrogens is 358 g/mol. The van der Waals surface area contributed by atoms with Gasteiger partial charge in [0, 0.05) is 11.6 Å². The fourth-order valence-electron chi connectivity index (χ4n) is 2.83. The molecule has 0 aliphatic heterocycles. The van der Waals surface area contributed by atoms with Crippen molar-refractivity contribution in [1.29, 1.82) is 0 Å². The highest BCUT2D eigenvalue weighted by molar-refractivity contribution is 7.99. The maximum atomic E-state index is 12.5. The first-order valence-corrected chi connectivity index (χ1v) is 9.43. The molecule has 4 rings (SSSR count). The molecular formula is C20H17N5OS. The molecule has 0 saturated heterocycles. The number of nitrogens with one attached hydrogen (secondary N) is 1. The van der Waals surface area contributed by atoms with Crippen molar-refractivity contribution >= 4 is 34.1 Å². The molecule has 4 aromatic rings. The zero-order valence-electron chi connectivity index (χ0n) is 14.7. The van der Waals surface area contributed by atoms with Gasteiger partial charge in [-0.05, 0) is 30.0 Å². The molecule has 27 heavy (non-hydrogen) atoms. The van der Waals surface area contributed by atoms with Crippen LogP contribution in [-0.2, 0) is 4.79 Å². The molecule has 0 radical (unpaired) electrons. The van der Waals surface area contributed by atoms with Gasteiger partial charge in [-0.2, -0.15) is 0 Å². The topological polar surface area (TPSA) is 72.7 Å². The van der Waals surface area contributed by atoms with E-state index in [4.69, 9.17) is 0 Å². The summed E-state index contributed by atoms with van der Waals surface area (Å²) >= 11 is 1.32. The smallest absolute Gasteiger partial charge is 0.234 e. The van der Waals surface area contributed by atoms with E-state index >= 15 is 0 Å². The van der Waals surface area contributed by atoms with Gasteiger partial charge < -0.3 is 5.32 Å². The zero-order chi connectivity index (χ0) is 18.6. The summed E-state index contributed by atoms with van der Waals surface area (Å²) in [6.07, 6.45) is 3.30. The summed E-state index contributed by atoms with van der Waals surface area (Å²) in [5.74, 6) is 0.860. The minimum absolute atomic E-state index is 0.0879. The minimum Gasteiger partial charge on any atom is -0.325 e. The van der Waals surface area contributed by atoms with Gasteiger partial charge in [0.05, 0.1) is 11.4 Å². The van der Waals surface area contributed by atoms with E-state index in [2.05, 4.69) is 26.6 Å². The van der Waals surface area contributed by atoms with E-state index in [-0.39, 0.29) is 11.7 Å². The Kier molecular flexibility index (Phi) is 4.84. The van der Waals surface area contributed by atoms with Crippen LogP contribution in [0, 0.1) is 6.92 Å². The van der Waals surface area contributed by atoms with Crippen LogP contribution in [0.2, 0.25) is 0 Å². The van der Waals surface area contributed by atoms with E-state index in [1.807, 2.05) is 55.5 Å². The number of carbonyl (C=O) groups excluding carboxylic acids is 1. The van der Waals surface area contributed by atoms with Crippen LogP contribution in [0.4, 0.5) is 5.69 Å². The Morgan fingerprint density at radius 2 is 1.96 bits per heavy atom. The molecule has 0 aliphatic rings. The van der Waals surface area contributed by atoms with Gasteiger partial charge in [-0.15, -0.1) is 10.2 Å². The number of carbonyl (C=O) groups is 1. The SMILES string of the molecule is Cc1ccc2ccccc2c1NC(=O)CSc1nncn1-c1ccccn1. The fraction of sp³-hybridized carbons (Fsp3) is 0.100. The Morgan fingerprint density at radius 1 is 1.11 bits per heavy atom. The Bertz CT molecular complexity index is 1090. The number of nitrogens with zero attached hydrogens (tertiary/aromatic N) is 4. The minimum atomic E-state index is -0.0879. The van der Waals surface area contributed by atoms with Gasteiger partial charge in [0.1, 0.15) is 12.1 Å². The lowest BCUT2D eigenvalue weighted by Gasteiger charge is -2.12. The largest absolute Gasteiger partial charge is 0.325 e. The van der Waals surface area contributed by atoms with Crippen molar-refractivity contribution in [3.8, 4) is 5.82 Å². The first-order valence-electron chi connectivity index (χ1n) is 8.45. The molecule has 0 spiro atoms. The number of aryl methyl sites for hydroxylation is 1. The van der Waals surface area contributed by atoms with Crippen LogP contribution in [0.3, 0.4) is 0 Å². The second kappa shape index (κ2) is 7.59. The molecule has 0 aliphatic carbocycles. The third-order valence-electron chi connectivity index (χ3n) is 4.15. The standard InChI is InChI=1S/C20H17N5OS/c1-14-9-10-15-6-2-3-7-16(15)19(14)23-18(26)12-27-20-24-22-13-25(20)17-8-4-5-11-21-17/h2-11,13H,12H2,1H3,(H,23,26). The highest BCUT2D eigenvalue weighted by Gasteiger charge is 2.13. The van der Waals surface area contributed by atoms with Crippen LogP contribution < -0.4 is 5.32 Å².